The van der Waals surface area contributed by atoms with Crippen LogP contribution in [0, 0.1) is 25.7 Å². The molecule has 0 saturated heterocycles. The number of aryl methyl sites for hydroxylation is 1. The Morgan fingerprint density at radius 1 is 1.03 bits per heavy atom. The van der Waals surface area contributed by atoms with Crippen molar-refractivity contribution in [2.45, 2.75) is 53.4 Å². The van der Waals surface area contributed by atoms with E-state index in [4.69, 9.17) is 4.74 Å². The van der Waals surface area contributed by atoms with E-state index in [0.29, 0.717) is 29.2 Å². The lowest BCUT2D eigenvalue weighted by atomic mass is 10.1. The molecule has 0 radical (unpaired) electrons. The van der Waals surface area contributed by atoms with Crippen molar-refractivity contribution in [1.29, 1.82) is 0 Å². The predicted octanol–water partition coefficient (Wildman–Crippen LogP) is 5.10. The molecule has 0 unspecified atom stereocenters. The molecule has 0 atom stereocenters. The molecule has 1 N–H and O–H groups in total. The highest BCUT2D eigenvalue weighted by Gasteiger charge is 2.27. The molecular formula is C24H34N2O5S2. The second-order valence-corrected chi connectivity index (χ2v) is 12.0. The van der Waals surface area contributed by atoms with Gasteiger partial charge in [0.25, 0.3) is 5.91 Å². The van der Waals surface area contributed by atoms with Crippen LogP contribution in [0.15, 0.2) is 29.2 Å². The normalized spacial score (nSPS) is 11.9. The van der Waals surface area contributed by atoms with Crippen molar-refractivity contribution in [2.24, 2.45) is 11.8 Å². The number of sulfonamides is 1. The zero-order valence-corrected chi connectivity index (χ0v) is 22.0. The molecule has 1 amide bonds. The Balaban J connectivity index is 2.27. The summed E-state index contributed by atoms with van der Waals surface area (Å²) < 4.78 is 33.0. The molecule has 0 fully saturated rings. The summed E-state index contributed by atoms with van der Waals surface area (Å²) in [5.41, 5.74) is 1.42. The van der Waals surface area contributed by atoms with E-state index >= 15 is 0 Å². The van der Waals surface area contributed by atoms with Gasteiger partial charge in [0.2, 0.25) is 10.0 Å². The first-order valence-electron chi connectivity index (χ1n) is 11.1. The Morgan fingerprint density at radius 3 is 2.06 bits per heavy atom. The number of thiophene rings is 1. The summed E-state index contributed by atoms with van der Waals surface area (Å²) in [6.07, 6.45) is 0. The molecule has 0 aliphatic rings. The molecule has 0 bridgehead atoms. The first-order valence-corrected chi connectivity index (χ1v) is 13.3. The fourth-order valence-corrected chi connectivity index (χ4v) is 6.16. The third-order valence-corrected chi connectivity index (χ3v) is 7.95. The van der Waals surface area contributed by atoms with Crippen molar-refractivity contribution in [3.05, 3.63) is 45.8 Å². The van der Waals surface area contributed by atoms with Crippen LogP contribution in [-0.2, 0) is 14.8 Å². The van der Waals surface area contributed by atoms with Gasteiger partial charge in [-0.05, 0) is 62.4 Å². The molecule has 0 saturated carbocycles. The number of hydrogen-bond donors (Lipinski definition) is 1. The Hall–Kier alpha value is -2.23. The van der Waals surface area contributed by atoms with Crippen LogP contribution in [0.25, 0.3) is 0 Å². The van der Waals surface area contributed by atoms with E-state index in [2.05, 4.69) is 5.32 Å². The Kier molecular flexibility index (Phi) is 9.22. The zero-order valence-electron chi connectivity index (χ0n) is 20.4. The Morgan fingerprint density at radius 2 is 1.58 bits per heavy atom. The molecule has 7 nitrogen and oxygen atoms in total. The summed E-state index contributed by atoms with van der Waals surface area (Å²) in [6.45, 7) is 14.4. The SMILES string of the molecule is CCOC(=O)c1c(NC(=O)c2ccc(S(=O)(=O)N(CC(C)C)CC(C)C)cc2)sc(C)c1C. The van der Waals surface area contributed by atoms with Gasteiger partial charge in [-0.3, -0.25) is 4.79 Å². The van der Waals surface area contributed by atoms with Gasteiger partial charge >= 0.3 is 5.97 Å². The Labute approximate surface area is 201 Å². The van der Waals surface area contributed by atoms with E-state index in [1.54, 1.807) is 6.92 Å². The van der Waals surface area contributed by atoms with Crippen LogP contribution in [0.1, 0.15) is 65.8 Å². The number of nitrogens with zero attached hydrogens (tertiary/aromatic N) is 1. The summed E-state index contributed by atoms with van der Waals surface area (Å²) in [5.74, 6) is -0.525. The molecule has 0 aliphatic carbocycles. The maximum Gasteiger partial charge on any atom is 0.341 e. The molecule has 2 rings (SSSR count). The third kappa shape index (κ3) is 6.65. The van der Waals surface area contributed by atoms with Gasteiger partial charge < -0.3 is 10.1 Å². The summed E-state index contributed by atoms with van der Waals surface area (Å²) in [5, 5.41) is 3.20. The quantitative estimate of drug-likeness (QED) is 0.464. The monoisotopic (exact) mass is 494 g/mol. The van der Waals surface area contributed by atoms with Crippen molar-refractivity contribution in [1.82, 2.24) is 4.31 Å². The van der Waals surface area contributed by atoms with Gasteiger partial charge in [0.15, 0.2) is 0 Å². The van der Waals surface area contributed by atoms with Crippen molar-refractivity contribution in [3.8, 4) is 0 Å². The Bertz CT molecular complexity index is 1080. The average molecular weight is 495 g/mol. The summed E-state index contributed by atoms with van der Waals surface area (Å²) >= 11 is 1.31. The molecule has 9 heteroatoms. The maximum atomic E-state index is 13.2. The highest BCUT2D eigenvalue weighted by molar-refractivity contribution is 7.89. The number of ether oxygens (including phenoxy) is 1. The minimum Gasteiger partial charge on any atom is -0.462 e. The van der Waals surface area contributed by atoms with Crippen LogP contribution in [0.3, 0.4) is 0 Å². The fraction of sp³-hybridized carbons (Fsp3) is 0.500. The second kappa shape index (κ2) is 11.3. The number of rotatable bonds is 10. The highest BCUT2D eigenvalue weighted by atomic mass is 32.2. The minimum atomic E-state index is -3.68. The van der Waals surface area contributed by atoms with Gasteiger partial charge in [-0.15, -0.1) is 11.3 Å². The third-order valence-electron chi connectivity index (χ3n) is 4.98. The lowest BCUT2D eigenvalue weighted by Gasteiger charge is -2.25. The number of benzene rings is 1. The topological polar surface area (TPSA) is 92.8 Å². The fourth-order valence-electron chi connectivity index (χ4n) is 3.35. The van der Waals surface area contributed by atoms with Crippen LogP contribution in [0.5, 0.6) is 0 Å². The standard InChI is InChI=1S/C24H34N2O5S2/c1-8-31-24(28)21-17(6)18(7)32-23(21)25-22(27)19-9-11-20(12-10-19)33(29,30)26(13-15(2)3)14-16(4)5/h9-12,15-16H,8,13-14H2,1-7H3,(H,25,27). The van der Waals surface area contributed by atoms with Crippen molar-refractivity contribution >= 4 is 38.2 Å². The molecular weight excluding hydrogens is 460 g/mol. The van der Waals surface area contributed by atoms with Crippen LogP contribution in [-0.4, -0.2) is 44.3 Å². The lowest BCUT2D eigenvalue weighted by molar-refractivity contribution is 0.0527. The van der Waals surface area contributed by atoms with E-state index in [9.17, 15) is 18.0 Å². The van der Waals surface area contributed by atoms with Crippen molar-refractivity contribution in [2.75, 3.05) is 25.0 Å². The van der Waals surface area contributed by atoms with Gasteiger partial charge in [-0.2, -0.15) is 4.31 Å². The van der Waals surface area contributed by atoms with Crippen LogP contribution < -0.4 is 5.32 Å². The summed E-state index contributed by atoms with van der Waals surface area (Å²) in [6, 6.07) is 5.88. The van der Waals surface area contributed by atoms with Crippen molar-refractivity contribution in [3.63, 3.8) is 0 Å². The largest absolute Gasteiger partial charge is 0.462 e. The summed E-state index contributed by atoms with van der Waals surface area (Å²) in [7, 11) is -3.68. The molecule has 2 aromatic rings. The van der Waals surface area contributed by atoms with E-state index in [1.165, 1.54) is 39.9 Å². The number of amides is 1. The van der Waals surface area contributed by atoms with Gasteiger partial charge in [-0.1, -0.05) is 27.7 Å². The van der Waals surface area contributed by atoms with E-state index in [1.807, 2.05) is 41.5 Å². The zero-order chi connectivity index (χ0) is 24.9. The van der Waals surface area contributed by atoms with E-state index in [0.717, 1.165) is 10.4 Å². The molecule has 1 aromatic heterocycles. The number of carbonyl (C=O) groups excluding carboxylic acids is 2. The molecule has 0 spiro atoms. The lowest BCUT2D eigenvalue weighted by Crippen LogP contribution is -2.37. The van der Waals surface area contributed by atoms with E-state index < -0.39 is 21.9 Å². The van der Waals surface area contributed by atoms with Crippen LogP contribution in [0.4, 0.5) is 5.00 Å². The predicted molar refractivity (Wildman–Crippen MR) is 133 cm³/mol. The number of hydrogen-bond acceptors (Lipinski definition) is 6. The number of carbonyl (C=O) groups is 2. The van der Waals surface area contributed by atoms with E-state index in [-0.39, 0.29) is 23.3 Å². The smallest absolute Gasteiger partial charge is 0.341 e. The van der Waals surface area contributed by atoms with Gasteiger partial charge in [-0.25, -0.2) is 13.2 Å². The van der Waals surface area contributed by atoms with Gasteiger partial charge in [0.05, 0.1) is 17.1 Å². The van der Waals surface area contributed by atoms with Gasteiger partial charge in [0.1, 0.15) is 5.00 Å². The molecule has 33 heavy (non-hydrogen) atoms. The first kappa shape index (κ1) is 27.0. The van der Waals surface area contributed by atoms with Crippen LogP contribution >= 0.6 is 11.3 Å². The van der Waals surface area contributed by atoms with Crippen molar-refractivity contribution < 1.29 is 22.7 Å². The van der Waals surface area contributed by atoms with Gasteiger partial charge in [0, 0.05) is 23.5 Å². The maximum absolute atomic E-state index is 13.2. The van der Waals surface area contributed by atoms with Crippen LogP contribution in [0.2, 0.25) is 0 Å². The first-order chi connectivity index (χ1) is 15.4. The molecule has 0 aliphatic heterocycles. The average Bonchev–Trinajstić information content (AvgIpc) is 3.00. The minimum absolute atomic E-state index is 0.148. The number of nitrogens with one attached hydrogen (secondary N) is 1. The molecule has 1 aromatic carbocycles. The second-order valence-electron chi connectivity index (χ2n) is 8.80. The number of esters is 1. The molecule has 1 heterocycles. The number of anilines is 1. The molecule has 182 valence electrons. The summed E-state index contributed by atoms with van der Waals surface area (Å²) in [4.78, 5) is 26.2. The highest BCUT2D eigenvalue weighted by Crippen LogP contribution is 2.33.